The number of nitrogens with one attached hydrogen (secondary N) is 1. The zero-order valence-electron chi connectivity index (χ0n) is 11.0. The summed E-state index contributed by atoms with van der Waals surface area (Å²) in [6.45, 7) is 0. The van der Waals surface area contributed by atoms with Crippen LogP contribution in [0.2, 0.25) is 0 Å². The lowest BCUT2D eigenvalue weighted by atomic mass is 10.2. The molecule has 0 unspecified atom stereocenters. The van der Waals surface area contributed by atoms with Crippen molar-refractivity contribution in [3.63, 3.8) is 0 Å². The minimum absolute atomic E-state index is 0.0790. The summed E-state index contributed by atoms with van der Waals surface area (Å²) in [5.41, 5.74) is 1.60. The second-order valence-corrected chi connectivity index (χ2v) is 5.29. The van der Waals surface area contributed by atoms with E-state index in [-0.39, 0.29) is 12.3 Å². The number of anilines is 1. The minimum Gasteiger partial charge on any atom is -0.365 e. The van der Waals surface area contributed by atoms with Gasteiger partial charge in [0.2, 0.25) is 0 Å². The van der Waals surface area contributed by atoms with Gasteiger partial charge in [-0.05, 0) is 25.7 Å². The molecule has 2 atom stereocenters. The Kier molecular flexibility index (Phi) is 2.60. The molecule has 0 aromatic carbocycles. The van der Waals surface area contributed by atoms with E-state index in [9.17, 15) is 0 Å². The summed E-state index contributed by atoms with van der Waals surface area (Å²) in [4.78, 5) is 13.1. The molecule has 1 saturated heterocycles. The third-order valence-electron chi connectivity index (χ3n) is 3.77. The van der Waals surface area contributed by atoms with Crippen molar-refractivity contribution >= 4 is 17.0 Å². The molecule has 2 fully saturated rings. The fourth-order valence-corrected chi connectivity index (χ4v) is 2.54. The smallest absolute Gasteiger partial charge is 0.167 e. The molecule has 0 spiro atoms. The van der Waals surface area contributed by atoms with Crippen molar-refractivity contribution in [2.24, 2.45) is 0 Å². The van der Waals surface area contributed by atoms with Crippen molar-refractivity contribution in [2.75, 3.05) is 5.32 Å². The lowest BCUT2D eigenvalue weighted by molar-refractivity contribution is 0.0300. The van der Waals surface area contributed by atoms with Crippen LogP contribution in [-0.4, -0.2) is 31.7 Å². The number of ether oxygens (including phenoxy) is 1. The average molecular weight is 269 g/mol. The van der Waals surface area contributed by atoms with Crippen LogP contribution in [0.3, 0.4) is 0 Å². The van der Waals surface area contributed by atoms with Crippen LogP contribution in [0.5, 0.6) is 0 Å². The van der Waals surface area contributed by atoms with E-state index in [1.54, 1.807) is 12.7 Å². The van der Waals surface area contributed by atoms with E-state index in [0.29, 0.717) is 6.04 Å². The number of aromatic nitrogens is 4. The molecule has 3 heterocycles. The molecule has 0 amide bonds. The van der Waals surface area contributed by atoms with Crippen LogP contribution in [0.1, 0.15) is 31.9 Å². The van der Waals surface area contributed by atoms with Crippen LogP contribution in [0, 0.1) is 12.3 Å². The van der Waals surface area contributed by atoms with Gasteiger partial charge in [-0.3, -0.25) is 4.57 Å². The summed E-state index contributed by atoms with van der Waals surface area (Å²) in [5, 5.41) is 3.38. The van der Waals surface area contributed by atoms with Gasteiger partial charge in [0, 0.05) is 6.04 Å². The molecule has 6 nitrogen and oxygen atoms in total. The Labute approximate surface area is 116 Å². The van der Waals surface area contributed by atoms with E-state index >= 15 is 0 Å². The summed E-state index contributed by atoms with van der Waals surface area (Å²) in [7, 11) is 0. The van der Waals surface area contributed by atoms with E-state index in [2.05, 4.69) is 26.2 Å². The first-order valence-corrected chi connectivity index (χ1v) is 6.91. The third-order valence-corrected chi connectivity index (χ3v) is 3.77. The van der Waals surface area contributed by atoms with Gasteiger partial charge >= 0.3 is 0 Å². The molecule has 1 aliphatic carbocycles. The van der Waals surface area contributed by atoms with Gasteiger partial charge in [-0.15, -0.1) is 6.42 Å². The molecule has 20 heavy (non-hydrogen) atoms. The quantitative estimate of drug-likeness (QED) is 0.859. The van der Waals surface area contributed by atoms with Crippen LogP contribution < -0.4 is 5.32 Å². The van der Waals surface area contributed by atoms with E-state index in [4.69, 9.17) is 11.2 Å². The summed E-state index contributed by atoms with van der Waals surface area (Å²) >= 11 is 0. The highest BCUT2D eigenvalue weighted by Gasteiger charge is 2.28. The van der Waals surface area contributed by atoms with Crippen LogP contribution in [0.4, 0.5) is 5.82 Å². The molecule has 4 rings (SSSR count). The zero-order valence-corrected chi connectivity index (χ0v) is 11.0. The van der Waals surface area contributed by atoms with Gasteiger partial charge in [-0.25, -0.2) is 15.0 Å². The predicted molar refractivity (Wildman–Crippen MR) is 73.9 cm³/mol. The van der Waals surface area contributed by atoms with Crippen LogP contribution in [0.25, 0.3) is 11.2 Å². The highest BCUT2D eigenvalue weighted by Crippen LogP contribution is 2.32. The van der Waals surface area contributed by atoms with E-state index < -0.39 is 0 Å². The van der Waals surface area contributed by atoms with Crippen molar-refractivity contribution in [1.82, 2.24) is 19.5 Å². The van der Waals surface area contributed by atoms with Crippen LogP contribution >= 0.6 is 0 Å². The standard InChI is InChI=1S/C14H15N5O/c1-2-10-5-6-11(20-10)19-8-17-12-13(18-9-3-4-9)15-7-16-14(12)19/h1,7-11H,3-6H2,(H,15,16,18)/t10-,11+/m0/s1. The van der Waals surface area contributed by atoms with Gasteiger partial charge in [-0.2, -0.15) is 0 Å². The first kappa shape index (κ1) is 11.7. The maximum Gasteiger partial charge on any atom is 0.167 e. The molecule has 1 aliphatic heterocycles. The third kappa shape index (κ3) is 1.91. The monoisotopic (exact) mass is 269 g/mol. The number of hydrogen-bond acceptors (Lipinski definition) is 5. The van der Waals surface area contributed by atoms with Crippen LogP contribution in [-0.2, 0) is 4.74 Å². The molecule has 1 saturated carbocycles. The lowest BCUT2D eigenvalue weighted by Gasteiger charge is -2.12. The summed E-state index contributed by atoms with van der Waals surface area (Å²) < 4.78 is 7.75. The second kappa shape index (κ2) is 4.46. The van der Waals surface area contributed by atoms with Gasteiger partial charge in [0.25, 0.3) is 0 Å². The summed E-state index contributed by atoms with van der Waals surface area (Å²) in [6, 6.07) is 0.534. The molecule has 0 radical (unpaired) electrons. The van der Waals surface area contributed by atoms with Crippen molar-refractivity contribution in [3.05, 3.63) is 12.7 Å². The molecular weight excluding hydrogens is 254 g/mol. The first-order valence-electron chi connectivity index (χ1n) is 6.91. The van der Waals surface area contributed by atoms with Crippen molar-refractivity contribution in [2.45, 2.75) is 44.1 Å². The topological polar surface area (TPSA) is 64.9 Å². The minimum atomic E-state index is -0.108. The number of imidazole rings is 1. The second-order valence-electron chi connectivity index (χ2n) is 5.29. The van der Waals surface area contributed by atoms with Crippen LogP contribution in [0.15, 0.2) is 12.7 Å². The maximum absolute atomic E-state index is 5.80. The molecule has 2 aromatic rings. The predicted octanol–water partition coefficient (Wildman–Crippen LogP) is 1.71. The molecule has 0 bridgehead atoms. The van der Waals surface area contributed by atoms with Gasteiger partial charge in [0.05, 0.1) is 6.33 Å². The van der Waals surface area contributed by atoms with Gasteiger partial charge in [-0.1, -0.05) is 5.92 Å². The maximum atomic E-state index is 5.80. The highest BCUT2D eigenvalue weighted by atomic mass is 16.5. The van der Waals surface area contributed by atoms with Crippen molar-refractivity contribution in [3.8, 4) is 12.3 Å². The van der Waals surface area contributed by atoms with Gasteiger partial charge in [0.1, 0.15) is 18.7 Å². The van der Waals surface area contributed by atoms with E-state index in [1.807, 2.05) is 4.57 Å². The fourth-order valence-electron chi connectivity index (χ4n) is 2.54. The summed E-state index contributed by atoms with van der Waals surface area (Å²) in [6.07, 6.45) is 12.7. The zero-order chi connectivity index (χ0) is 13.5. The molecule has 102 valence electrons. The Morgan fingerprint density at radius 3 is 2.90 bits per heavy atom. The Bertz CT molecular complexity index is 684. The molecular formula is C14H15N5O. The number of fused-ring (bicyclic) bond motifs is 1. The SMILES string of the molecule is C#C[C@H]1CC[C@H](n2cnc3c(NC4CC4)ncnc32)O1. The Morgan fingerprint density at radius 2 is 2.15 bits per heavy atom. The normalized spacial score (nSPS) is 25.8. The number of rotatable bonds is 3. The molecule has 2 aromatic heterocycles. The number of terminal acetylenes is 1. The van der Waals surface area contributed by atoms with Crippen molar-refractivity contribution in [1.29, 1.82) is 0 Å². The summed E-state index contributed by atoms with van der Waals surface area (Å²) in [5.74, 6) is 3.46. The molecule has 1 N–H and O–H groups in total. The van der Waals surface area contributed by atoms with E-state index in [1.165, 1.54) is 12.8 Å². The molecule has 6 heteroatoms. The fraction of sp³-hybridized carbons (Fsp3) is 0.500. The largest absolute Gasteiger partial charge is 0.365 e. The lowest BCUT2D eigenvalue weighted by Crippen LogP contribution is -2.10. The van der Waals surface area contributed by atoms with Crippen molar-refractivity contribution < 1.29 is 4.74 Å². The Hall–Kier alpha value is -2.13. The van der Waals surface area contributed by atoms with E-state index in [0.717, 1.165) is 29.8 Å². The van der Waals surface area contributed by atoms with Gasteiger partial charge < -0.3 is 10.1 Å². The Morgan fingerprint density at radius 1 is 1.25 bits per heavy atom. The first-order chi connectivity index (χ1) is 9.85. The van der Waals surface area contributed by atoms with Gasteiger partial charge in [0.15, 0.2) is 17.0 Å². The number of hydrogen-bond donors (Lipinski definition) is 1. The molecule has 2 aliphatic rings. The Balaban J connectivity index is 1.69. The number of nitrogens with zero attached hydrogens (tertiary/aromatic N) is 4. The highest BCUT2D eigenvalue weighted by molar-refractivity contribution is 5.82. The average Bonchev–Trinajstić information content (AvgIpc) is 3.01.